The molecule has 0 saturated carbocycles. The summed E-state index contributed by atoms with van der Waals surface area (Å²) >= 11 is 0. The first-order chi connectivity index (χ1) is 13.2. The van der Waals surface area contributed by atoms with Crippen LogP contribution in [-0.2, 0) is 0 Å². The second-order valence-electron chi connectivity index (χ2n) is 7.20. The first-order valence-electron chi connectivity index (χ1n) is 9.26. The molecule has 2 aromatic heterocycles. The minimum atomic E-state index is 0.511. The van der Waals surface area contributed by atoms with Gasteiger partial charge in [0.2, 0.25) is 0 Å². The van der Waals surface area contributed by atoms with Gasteiger partial charge in [0.05, 0.1) is 5.69 Å². The number of fused-ring (bicyclic) bond motifs is 2. The molecule has 0 saturated heterocycles. The summed E-state index contributed by atoms with van der Waals surface area (Å²) in [6, 6.07) is 23.6. The number of rotatable bonds is 3. The summed E-state index contributed by atoms with van der Waals surface area (Å²) < 4.78 is 7.61. The van der Waals surface area contributed by atoms with Gasteiger partial charge in [-0.3, -0.25) is 4.40 Å². The summed E-state index contributed by atoms with van der Waals surface area (Å²) in [4.78, 5) is 4.77. The minimum absolute atomic E-state index is 0.511. The quantitative estimate of drug-likeness (QED) is 0.369. The van der Waals surface area contributed by atoms with Crippen LogP contribution in [0, 0.1) is 0 Å². The number of hydrogen-bond donors (Lipinski definition) is 0. The van der Waals surface area contributed by atoms with Gasteiger partial charge in [0.1, 0.15) is 12.0 Å². The van der Waals surface area contributed by atoms with E-state index in [9.17, 15) is 0 Å². The third kappa shape index (κ3) is 2.63. The van der Waals surface area contributed by atoms with Gasteiger partial charge in [-0.05, 0) is 28.3 Å². The Kier molecular flexibility index (Phi) is 3.61. The minimum Gasteiger partial charge on any atom is -0.432 e. The molecule has 2 heterocycles. The number of oxazole rings is 1. The smallest absolute Gasteiger partial charge is 0.306 e. The molecule has 0 atom stereocenters. The molecular weight excluding hydrogens is 332 g/mol. The lowest BCUT2D eigenvalue weighted by Crippen LogP contribution is -1.90. The standard InChI is InChI=1S/C24H20N2O/c1-16(2)17-7-10-19(11-8-17)22-23(26-13-14-27-24(26)25-22)21-12-9-18-5-3-4-6-20(18)15-21/h3-16H,1-2H3. The highest BCUT2D eigenvalue weighted by molar-refractivity contribution is 5.90. The fourth-order valence-corrected chi connectivity index (χ4v) is 3.63. The van der Waals surface area contributed by atoms with Crippen LogP contribution in [0.4, 0.5) is 0 Å². The molecular formula is C24H20N2O. The maximum absolute atomic E-state index is 5.58. The second kappa shape index (κ2) is 6.13. The number of hydrogen-bond acceptors (Lipinski definition) is 2. The summed E-state index contributed by atoms with van der Waals surface area (Å²) in [6.07, 6.45) is 3.61. The first-order valence-corrected chi connectivity index (χ1v) is 9.26. The van der Waals surface area contributed by atoms with E-state index >= 15 is 0 Å². The van der Waals surface area contributed by atoms with Crippen molar-refractivity contribution in [1.82, 2.24) is 9.38 Å². The first kappa shape index (κ1) is 15.9. The van der Waals surface area contributed by atoms with Crippen molar-refractivity contribution in [2.24, 2.45) is 0 Å². The molecule has 0 bridgehead atoms. The maximum atomic E-state index is 5.58. The molecule has 0 N–H and O–H groups in total. The molecule has 3 aromatic carbocycles. The van der Waals surface area contributed by atoms with Gasteiger partial charge in [0.25, 0.3) is 0 Å². The third-order valence-electron chi connectivity index (χ3n) is 5.14. The van der Waals surface area contributed by atoms with Crippen LogP contribution in [0.3, 0.4) is 0 Å². The van der Waals surface area contributed by atoms with Crippen LogP contribution < -0.4 is 0 Å². The molecule has 0 unspecified atom stereocenters. The maximum Gasteiger partial charge on any atom is 0.306 e. The number of nitrogens with zero attached hydrogens (tertiary/aromatic N) is 2. The molecule has 0 radical (unpaired) electrons. The average molecular weight is 352 g/mol. The van der Waals surface area contributed by atoms with Crippen molar-refractivity contribution in [2.45, 2.75) is 19.8 Å². The molecule has 3 heteroatoms. The third-order valence-corrected chi connectivity index (χ3v) is 5.14. The fraction of sp³-hybridized carbons (Fsp3) is 0.125. The van der Waals surface area contributed by atoms with E-state index in [1.54, 1.807) is 6.26 Å². The highest BCUT2D eigenvalue weighted by Crippen LogP contribution is 2.35. The Balaban J connectivity index is 1.72. The zero-order chi connectivity index (χ0) is 18.4. The highest BCUT2D eigenvalue weighted by atomic mass is 16.3. The Morgan fingerprint density at radius 3 is 2.37 bits per heavy atom. The largest absolute Gasteiger partial charge is 0.432 e. The Morgan fingerprint density at radius 2 is 1.59 bits per heavy atom. The zero-order valence-corrected chi connectivity index (χ0v) is 15.4. The lowest BCUT2D eigenvalue weighted by molar-refractivity contribution is 0.596. The van der Waals surface area contributed by atoms with Crippen LogP contribution >= 0.6 is 0 Å². The van der Waals surface area contributed by atoms with E-state index in [-0.39, 0.29) is 0 Å². The number of imidazole rings is 1. The number of benzene rings is 3. The molecule has 132 valence electrons. The van der Waals surface area contributed by atoms with Crippen LogP contribution in [0.15, 0.2) is 83.6 Å². The predicted molar refractivity (Wildman–Crippen MR) is 110 cm³/mol. The van der Waals surface area contributed by atoms with Crippen molar-refractivity contribution in [2.75, 3.05) is 0 Å². The van der Waals surface area contributed by atoms with E-state index in [2.05, 4.69) is 80.6 Å². The Bertz CT molecular complexity index is 1240. The van der Waals surface area contributed by atoms with E-state index in [0.29, 0.717) is 11.8 Å². The lowest BCUT2D eigenvalue weighted by atomic mass is 9.98. The van der Waals surface area contributed by atoms with Crippen molar-refractivity contribution in [3.05, 3.63) is 84.8 Å². The van der Waals surface area contributed by atoms with E-state index < -0.39 is 0 Å². The summed E-state index contributed by atoms with van der Waals surface area (Å²) in [7, 11) is 0. The average Bonchev–Trinajstić information content (AvgIpc) is 3.29. The van der Waals surface area contributed by atoms with Crippen molar-refractivity contribution in [3.63, 3.8) is 0 Å². The SMILES string of the molecule is CC(C)c1ccc(-c2nc3occn3c2-c2ccc3ccccc3c2)cc1. The van der Waals surface area contributed by atoms with E-state index in [4.69, 9.17) is 9.40 Å². The monoisotopic (exact) mass is 352 g/mol. The number of aromatic nitrogens is 2. The summed E-state index contributed by atoms with van der Waals surface area (Å²) in [5.74, 6) is 1.12. The summed E-state index contributed by atoms with van der Waals surface area (Å²) in [5.41, 5.74) is 5.56. The van der Waals surface area contributed by atoms with Crippen LogP contribution in [0.25, 0.3) is 39.1 Å². The Hall–Kier alpha value is -3.33. The van der Waals surface area contributed by atoms with E-state index in [1.807, 2.05) is 10.6 Å². The predicted octanol–water partition coefficient (Wildman–Crippen LogP) is 6.54. The van der Waals surface area contributed by atoms with Gasteiger partial charge in [0, 0.05) is 17.3 Å². The van der Waals surface area contributed by atoms with Gasteiger partial charge < -0.3 is 4.42 Å². The highest BCUT2D eigenvalue weighted by Gasteiger charge is 2.18. The summed E-state index contributed by atoms with van der Waals surface area (Å²) in [5, 5.41) is 2.45. The molecule has 0 fully saturated rings. The second-order valence-corrected chi connectivity index (χ2v) is 7.20. The Labute approximate surface area is 157 Å². The fourth-order valence-electron chi connectivity index (χ4n) is 3.63. The van der Waals surface area contributed by atoms with Crippen LogP contribution in [-0.4, -0.2) is 9.38 Å². The molecule has 0 aliphatic heterocycles. The van der Waals surface area contributed by atoms with Gasteiger partial charge in [-0.15, -0.1) is 0 Å². The van der Waals surface area contributed by atoms with Crippen LogP contribution in [0.5, 0.6) is 0 Å². The van der Waals surface area contributed by atoms with Gasteiger partial charge in [-0.25, -0.2) is 0 Å². The molecule has 5 rings (SSSR count). The molecule has 0 aliphatic carbocycles. The van der Waals surface area contributed by atoms with Crippen molar-refractivity contribution in [3.8, 4) is 22.5 Å². The van der Waals surface area contributed by atoms with Crippen LogP contribution in [0.2, 0.25) is 0 Å². The van der Waals surface area contributed by atoms with Crippen molar-refractivity contribution < 1.29 is 4.42 Å². The lowest BCUT2D eigenvalue weighted by Gasteiger charge is -2.08. The van der Waals surface area contributed by atoms with Crippen molar-refractivity contribution in [1.29, 1.82) is 0 Å². The van der Waals surface area contributed by atoms with Crippen molar-refractivity contribution >= 4 is 16.6 Å². The Morgan fingerprint density at radius 1 is 0.852 bits per heavy atom. The topological polar surface area (TPSA) is 30.4 Å². The van der Waals surface area contributed by atoms with Crippen LogP contribution in [0.1, 0.15) is 25.3 Å². The molecule has 5 aromatic rings. The van der Waals surface area contributed by atoms with Gasteiger partial charge in [0.15, 0.2) is 0 Å². The van der Waals surface area contributed by atoms with E-state index in [0.717, 1.165) is 22.5 Å². The zero-order valence-electron chi connectivity index (χ0n) is 15.4. The molecule has 27 heavy (non-hydrogen) atoms. The molecule has 0 aliphatic rings. The molecule has 0 spiro atoms. The van der Waals surface area contributed by atoms with Gasteiger partial charge in [-0.2, -0.15) is 4.98 Å². The van der Waals surface area contributed by atoms with Gasteiger partial charge in [-0.1, -0.05) is 74.5 Å². The summed E-state index contributed by atoms with van der Waals surface area (Å²) in [6.45, 7) is 4.42. The molecule has 0 amide bonds. The van der Waals surface area contributed by atoms with E-state index in [1.165, 1.54) is 16.3 Å². The molecule has 3 nitrogen and oxygen atoms in total. The normalized spacial score (nSPS) is 11.7. The van der Waals surface area contributed by atoms with Gasteiger partial charge >= 0.3 is 5.84 Å².